The van der Waals surface area contributed by atoms with E-state index < -0.39 is 29.3 Å². The Bertz CT molecular complexity index is 1000. The first-order chi connectivity index (χ1) is 14.2. The van der Waals surface area contributed by atoms with Crippen molar-refractivity contribution in [1.29, 1.82) is 0 Å². The van der Waals surface area contributed by atoms with Crippen LogP contribution in [0.3, 0.4) is 0 Å². The number of carbonyl (C=O) groups excluding carboxylic acids is 2. The molecule has 1 atom stereocenters. The van der Waals surface area contributed by atoms with Crippen molar-refractivity contribution in [2.45, 2.75) is 6.04 Å². The molecule has 7 nitrogen and oxygen atoms in total. The number of aromatic hydroxyl groups is 1. The lowest BCUT2D eigenvalue weighted by atomic mass is 9.95. The number of likely N-dealkylation sites (tertiary alicyclic amines) is 1. The lowest BCUT2D eigenvalue weighted by Crippen LogP contribution is -2.35. The first kappa shape index (κ1) is 21.3. The van der Waals surface area contributed by atoms with Gasteiger partial charge in [-0.15, -0.1) is 0 Å². The highest BCUT2D eigenvalue weighted by molar-refractivity contribution is 6.46. The number of Topliss-reactive ketones (excluding diaryl/α,β-unsaturated/α-hetero) is 1. The van der Waals surface area contributed by atoms with Gasteiger partial charge in [-0.25, -0.2) is 4.39 Å². The molecular formula is C22H23FN2O5. The van der Waals surface area contributed by atoms with Crippen molar-refractivity contribution < 1.29 is 28.9 Å². The van der Waals surface area contributed by atoms with Crippen molar-refractivity contribution in [3.8, 4) is 11.5 Å². The van der Waals surface area contributed by atoms with Crippen LogP contribution < -0.4 is 4.74 Å². The number of aliphatic hydroxyl groups is 1. The molecule has 1 aliphatic rings. The van der Waals surface area contributed by atoms with Crippen LogP contribution in [0.5, 0.6) is 11.5 Å². The summed E-state index contributed by atoms with van der Waals surface area (Å²) in [6.45, 7) is 0.727. The maximum Gasteiger partial charge on any atom is 0.295 e. The van der Waals surface area contributed by atoms with E-state index in [1.807, 2.05) is 19.0 Å². The van der Waals surface area contributed by atoms with E-state index in [4.69, 9.17) is 4.74 Å². The van der Waals surface area contributed by atoms with Gasteiger partial charge >= 0.3 is 0 Å². The highest BCUT2D eigenvalue weighted by Gasteiger charge is 2.46. The Hall–Kier alpha value is -3.39. The van der Waals surface area contributed by atoms with E-state index >= 15 is 0 Å². The van der Waals surface area contributed by atoms with Crippen LogP contribution in [-0.4, -0.2) is 66.0 Å². The second kappa shape index (κ2) is 8.54. The van der Waals surface area contributed by atoms with Crippen LogP contribution in [0.2, 0.25) is 0 Å². The third-order valence-electron chi connectivity index (χ3n) is 4.95. The number of hydrogen-bond acceptors (Lipinski definition) is 6. The van der Waals surface area contributed by atoms with Gasteiger partial charge in [0.05, 0.1) is 24.3 Å². The number of nitrogens with zero attached hydrogens (tertiary/aromatic N) is 2. The van der Waals surface area contributed by atoms with Gasteiger partial charge < -0.3 is 24.7 Å². The van der Waals surface area contributed by atoms with Gasteiger partial charge in [0, 0.05) is 13.1 Å². The third-order valence-corrected chi connectivity index (χ3v) is 4.95. The van der Waals surface area contributed by atoms with Crippen molar-refractivity contribution >= 4 is 17.4 Å². The smallest absolute Gasteiger partial charge is 0.295 e. The summed E-state index contributed by atoms with van der Waals surface area (Å²) in [4.78, 5) is 28.9. The molecule has 2 aromatic rings. The topological polar surface area (TPSA) is 90.3 Å². The Kier molecular flexibility index (Phi) is 6.07. The largest absolute Gasteiger partial charge is 0.508 e. The molecule has 0 aromatic heterocycles. The van der Waals surface area contributed by atoms with E-state index in [0.29, 0.717) is 12.1 Å². The molecule has 0 aliphatic carbocycles. The van der Waals surface area contributed by atoms with E-state index in [1.54, 1.807) is 12.1 Å². The van der Waals surface area contributed by atoms with Crippen molar-refractivity contribution in [3.05, 3.63) is 65.0 Å². The Morgan fingerprint density at radius 2 is 1.83 bits per heavy atom. The summed E-state index contributed by atoms with van der Waals surface area (Å²) in [7, 11) is 5.03. The summed E-state index contributed by atoms with van der Waals surface area (Å²) in [5.41, 5.74) is 0.350. The van der Waals surface area contributed by atoms with Crippen molar-refractivity contribution in [2.75, 3.05) is 34.3 Å². The van der Waals surface area contributed by atoms with Crippen LogP contribution in [0.15, 0.2) is 48.0 Å². The maximum absolute atomic E-state index is 13.9. The molecule has 0 radical (unpaired) electrons. The fourth-order valence-electron chi connectivity index (χ4n) is 3.43. The highest BCUT2D eigenvalue weighted by Crippen LogP contribution is 2.41. The van der Waals surface area contributed by atoms with Gasteiger partial charge in [-0.3, -0.25) is 9.59 Å². The monoisotopic (exact) mass is 414 g/mol. The number of ether oxygens (including phenoxy) is 1. The predicted octanol–water partition coefficient (Wildman–Crippen LogP) is 2.52. The second-order valence-corrected chi connectivity index (χ2v) is 7.23. The first-order valence-corrected chi connectivity index (χ1v) is 9.30. The number of rotatable bonds is 6. The molecule has 0 bridgehead atoms. The summed E-state index contributed by atoms with van der Waals surface area (Å²) in [5.74, 6) is -2.58. The normalized spacial score (nSPS) is 18.3. The van der Waals surface area contributed by atoms with E-state index in [-0.39, 0.29) is 29.2 Å². The zero-order chi connectivity index (χ0) is 22.0. The Morgan fingerprint density at radius 3 is 2.43 bits per heavy atom. The molecule has 0 spiro atoms. The summed E-state index contributed by atoms with van der Waals surface area (Å²) in [6, 6.07) is 8.68. The van der Waals surface area contributed by atoms with Gasteiger partial charge in [-0.1, -0.05) is 12.1 Å². The molecule has 3 rings (SSSR count). The Labute approximate surface area is 173 Å². The van der Waals surface area contributed by atoms with Crippen molar-refractivity contribution in [2.24, 2.45) is 0 Å². The first-order valence-electron chi connectivity index (χ1n) is 9.30. The second-order valence-electron chi connectivity index (χ2n) is 7.23. The Balaban J connectivity index is 2.20. The van der Waals surface area contributed by atoms with Crippen LogP contribution in [0.1, 0.15) is 17.2 Å². The van der Waals surface area contributed by atoms with Gasteiger partial charge in [0.1, 0.15) is 23.1 Å². The van der Waals surface area contributed by atoms with E-state index in [1.165, 1.54) is 36.3 Å². The van der Waals surface area contributed by atoms with Gasteiger partial charge in [-0.05, 0) is 50.0 Å². The summed E-state index contributed by atoms with van der Waals surface area (Å²) in [5, 5.41) is 20.6. The summed E-state index contributed by atoms with van der Waals surface area (Å²) >= 11 is 0. The van der Waals surface area contributed by atoms with E-state index in [9.17, 15) is 24.2 Å². The molecule has 1 unspecified atom stereocenters. The number of carbonyl (C=O) groups is 2. The lowest BCUT2D eigenvalue weighted by Gasteiger charge is -2.26. The summed E-state index contributed by atoms with van der Waals surface area (Å²) < 4.78 is 19.1. The third kappa shape index (κ3) is 3.99. The maximum atomic E-state index is 13.9. The molecule has 1 fully saturated rings. The lowest BCUT2D eigenvalue weighted by molar-refractivity contribution is -0.140. The van der Waals surface area contributed by atoms with Crippen LogP contribution in [0.25, 0.3) is 5.76 Å². The molecule has 0 saturated carbocycles. The predicted molar refractivity (Wildman–Crippen MR) is 109 cm³/mol. The van der Waals surface area contributed by atoms with E-state index in [0.717, 1.165) is 6.07 Å². The van der Waals surface area contributed by atoms with Gasteiger partial charge in [0.25, 0.3) is 11.7 Å². The van der Waals surface area contributed by atoms with Gasteiger partial charge in [-0.2, -0.15) is 0 Å². The number of aliphatic hydroxyl groups excluding tert-OH is 1. The standard InChI is InChI=1S/C22H23FN2O5/c1-24(2)10-11-25-19(13-4-7-15(26)8-5-13)18(21(28)22(25)29)20(27)16-12-14(23)6-9-17(16)30-3/h4-9,12,19,26-27H,10-11H2,1-3H3/b20-18+. The fourth-order valence-corrected chi connectivity index (χ4v) is 3.43. The zero-order valence-corrected chi connectivity index (χ0v) is 16.9. The Morgan fingerprint density at radius 1 is 1.17 bits per heavy atom. The van der Waals surface area contributed by atoms with Crippen LogP contribution in [0, 0.1) is 5.82 Å². The number of phenols is 1. The minimum absolute atomic E-state index is 0.0214. The minimum Gasteiger partial charge on any atom is -0.508 e. The van der Waals surface area contributed by atoms with Crippen LogP contribution >= 0.6 is 0 Å². The molecule has 1 saturated heterocycles. The molecule has 158 valence electrons. The average molecular weight is 414 g/mol. The number of amides is 1. The number of phenolic OH excluding ortho intramolecular Hbond substituents is 1. The molecule has 8 heteroatoms. The average Bonchev–Trinajstić information content (AvgIpc) is 2.97. The number of ketones is 1. The number of halogens is 1. The molecule has 1 amide bonds. The summed E-state index contributed by atoms with van der Waals surface area (Å²) in [6.07, 6.45) is 0. The van der Waals surface area contributed by atoms with Crippen molar-refractivity contribution in [1.82, 2.24) is 9.80 Å². The molecule has 1 heterocycles. The number of benzene rings is 2. The number of hydrogen-bond donors (Lipinski definition) is 2. The molecule has 2 N–H and O–H groups in total. The van der Waals surface area contributed by atoms with Gasteiger partial charge in [0.15, 0.2) is 0 Å². The van der Waals surface area contributed by atoms with Gasteiger partial charge in [0.2, 0.25) is 0 Å². The molecule has 30 heavy (non-hydrogen) atoms. The van der Waals surface area contributed by atoms with E-state index in [2.05, 4.69) is 0 Å². The quantitative estimate of drug-likeness (QED) is 0.429. The van der Waals surface area contributed by atoms with Crippen LogP contribution in [-0.2, 0) is 9.59 Å². The number of methoxy groups -OCH3 is 1. The van der Waals surface area contributed by atoms with Crippen LogP contribution in [0.4, 0.5) is 4.39 Å². The molecule has 1 aliphatic heterocycles. The zero-order valence-electron chi connectivity index (χ0n) is 16.9. The minimum atomic E-state index is -0.890. The van der Waals surface area contributed by atoms with Crippen molar-refractivity contribution in [3.63, 3.8) is 0 Å². The molecule has 2 aromatic carbocycles. The fraction of sp³-hybridized carbons (Fsp3) is 0.273. The molecular weight excluding hydrogens is 391 g/mol. The SMILES string of the molecule is COc1ccc(F)cc1/C(O)=C1\C(=O)C(=O)N(CCN(C)C)C1c1ccc(O)cc1. The highest BCUT2D eigenvalue weighted by atomic mass is 19.1. The number of likely N-dealkylation sites (N-methyl/N-ethyl adjacent to an activating group) is 1.